The molecule has 0 amide bonds. The van der Waals surface area contributed by atoms with Crippen molar-refractivity contribution in [3.8, 4) is 0 Å². The van der Waals surface area contributed by atoms with E-state index in [0.29, 0.717) is 0 Å². The first-order chi connectivity index (χ1) is 10.5. The molecule has 0 saturated heterocycles. The van der Waals surface area contributed by atoms with E-state index in [-0.39, 0.29) is 11.1 Å². The van der Waals surface area contributed by atoms with Crippen LogP contribution in [-0.4, -0.2) is 48.6 Å². The summed E-state index contributed by atoms with van der Waals surface area (Å²) in [7, 11) is 2.42. The Labute approximate surface area is 127 Å². The molecule has 4 rings (SSSR count). The molecule has 116 valence electrons. The second-order valence-electron chi connectivity index (χ2n) is 5.38. The number of aliphatic hydroxyl groups excluding tert-OH is 2. The van der Waals surface area contributed by atoms with Crippen LogP contribution in [0.4, 0.5) is 0 Å². The van der Waals surface area contributed by atoms with Crippen molar-refractivity contribution in [3.63, 3.8) is 0 Å². The first-order valence-corrected chi connectivity index (χ1v) is 6.88. The lowest BCUT2D eigenvalue weighted by Crippen LogP contribution is -2.50. The van der Waals surface area contributed by atoms with Gasteiger partial charge in [0.1, 0.15) is 0 Å². The van der Waals surface area contributed by atoms with Crippen LogP contribution < -0.4 is 0 Å². The maximum Gasteiger partial charge on any atom is 0.335 e. The number of fused-ring (bicyclic) bond motifs is 1. The zero-order valence-corrected chi connectivity index (χ0v) is 12.1. The number of hydrogen-bond donors (Lipinski definition) is 2. The molecule has 0 aliphatic heterocycles. The van der Waals surface area contributed by atoms with Crippen LogP contribution in [0.25, 0.3) is 0 Å². The van der Waals surface area contributed by atoms with Crippen molar-refractivity contribution < 1.29 is 29.3 Å². The van der Waals surface area contributed by atoms with E-state index in [0.717, 1.165) is 11.1 Å². The normalized spacial score (nSPS) is 29.1. The van der Waals surface area contributed by atoms with Gasteiger partial charge in [-0.25, -0.2) is 9.59 Å². The number of hydrogen-bond acceptors (Lipinski definition) is 6. The minimum Gasteiger partial charge on any atom is -0.466 e. The quantitative estimate of drug-likeness (QED) is 0.761. The van der Waals surface area contributed by atoms with E-state index in [9.17, 15) is 19.8 Å². The maximum absolute atomic E-state index is 12.2. The van der Waals surface area contributed by atoms with Gasteiger partial charge in [-0.05, 0) is 11.1 Å². The molecule has 2 bridgehead atoms. The molecular weight excluding hydrogens is 288 g/mol. The van der Waals surface area contributed by atoms with Crippen LogP contribution in [0.2, 0.25) is 0 Å². The van der Waals surface area contributed by atoms with Crippen LogP contribution in [0.5, 0.6) is 0 Å². The van der Waals surface area contributed by atoms with Crippen LogP contribution in [0, 0.1) is 0 Å². The van der Waals surface area contributed by atoms with Gasteiger partial charge < -0.3 is 19.7 Å². The smallest absolute Gasteiger partial charge is 0.335 e. The lowest BCUT2D eigenvalue weighted by Gasteiger charge is -2.45. The largest absolute Gasteiger partial charge is 0.466 e. The fraction of sp³-hybridized carbons (Fsp3) is 0.375. The third-order valence-electron chi connectivity index (χ3n) is 4.42. The number of methoxy groups -OCH3 is 2. The zero-order chi connectivity index (χ0) is 16.0. The van der Waals surface area contributed by atoms with Gasteiger partial charge in [0.05, 0.1) is 37.6 Å². The second kappa shape index (κ2) is 5.23. The Bertz CT molecular complexity index is 620. The first-order valence-electron chi connectivity index (χ1n) is 6.88. The lowest BCUT2D eigenvalue weighted by atomic mass is 9.61. The maximum atomic E-state index is 12.2. The summed E-state index contributed by atoms with van der Waals surface area (Å²) in [6.07, 6.45) is -2.36. The van der Waals surface area contributed by atoms with Gasteiger partial charge in [-0.1, -0.05) is 24.3 Å². The molecule has 0 fully saturated rings. The number of rotatable bonds is 2. The third kappa shape index (κ3) is 1.81. The molecule has 1 aromatic carbocycles. The second-order valence-corrected chi connectivity index (χ2v) is 5.38. The Morgan fingerprint density at radius 2 is 1.23 bits per heavy atom. The average Bonchev–Trinajstić information content (AvgIpc) is 2.56. The van der Waals surface area contributed by atoms with Crippen molar-refractivity contribution in [2.24, 2.45) is 0 Å². The molecule has 0 heterocycles. The molecule has 6 nitrogen and oxygen atoms in total. The van der Waals surface area contributed by atoms with Crippen LogP contribution in [0.1, 0.15) is 23.0 Å². The summed E-state index contributed by atoms with van der Waals surface area (Å²) in [4.78, 5) is 24.3. The molecule has 2 N–H and O–H groups in total. The van der Waals surface area contributed by atoms with Gasteiger partial charge in [-0.2, -0.15) is 0 Å². The van der Waals surface area contributed by atoms with E-state index in [2.05, 4.69) is 0 Å². The van der Waals surface area contributed by atoms with Gasteiger partial charge >= 0.3 is 11.9 Å². The predicted octanol–water partition coefficient (Wildman–Crippen LogP) is 0.245. The third-order valence-corrected chi connectivity index (χ3v) is 4.42. The Hall–Kier alpha value is -2.18. The first kappa shape index (κ1) is 14.7. The summed E-state index contributed by atoms with van der Waals surface area (Å²) in [5.41, 5.74) is 1.57. The molecule has 0 unspecified atom stereocenters. The summed E-state index contributed by atoms with van der Waals surface area (Å²) in [5, 5.41) is 20.7. The van der Waals surface area contributed by atoms with E-state index < -0.39 is 36.0 Å². The van der Waals surface area contributed by atoms with Gasteiger partial charge in [0.15, 0.2) is 0 Å². The summed E-state index contributed by atoms with van der Waals surface area (Å²) >= 11 is 0. The Morgan fingerprint density at radius 1 is 0.864 bits per heavy atom. The van der Waals surface area contributed by atoms with Gasteiger partial charge in [-0.15, -0.1) is 0 Å². The summed E-state index contributed by atoms with van der Waals surface area (Å²) in [5.74, 6) is -3.01. The van der Waals surface area contributed by atoms with E-state index in [1.807, 2.05) is 0 Å². The number of esters is 2. The van der Waals surface area contributed by atoms with Gasteiger partial charge in [-0.3, -0.25) is 0 Å². The molecule has 1 aromatic rings. The van der Waals surface area contributed by atoms with Crippen molar-refractivity contribution in [3.05, 3.63) is 46.5 Å². The van der Waals surface area contributed by atoms with Crippen LogP contribution in [0.3, 0.4) is 0 Å². The standard InChI is InChI=1S/C16H16O6/c1-21-15(19)11-9-7-5-3-4-6-8(7)10(14(18)13(9)17)12(11)16(20)22-2/h3-6,9-10,13-14,17-18H,1-2H3/t9-,10+,13+,14-. The lowest BCUT2D eigenvalue weighted by molar-refractivity contribution is -0.142. The Morgan fingerprint density at radius 3 is 1.55 bits per heavy atom. The zero-order valence-electron chi connectivity index (χ0n) is 12.1. The van der Waals surface area contributed by atoms with Gasteiger partial charge in [0, 0.05) is 11.8 Å². The van der Waals surface area contributed by atoms with Crippen LogP contribution >= 0.6 is 0 Å². The Balaban J connectivity index is 2.30. The van der Waals surface area contributed by atoms with Crippen LogP contribution in [-0.2, 0) is 19.1 Å². The minimum atomic E-state index is -1.18. The SMILES string of the molecule is COC(=O)C1=C(C(=O)OC)[C@H]2c3ccccc3[C@@H]1[C@@H](O)[C@H]2O. The topological polar surface area (TPSA) is 93.1 Å². The van der Waals surface area contributed by atoms with E-state index in [1.165, 1.54) is 14.2 Å². The highest BCUT2D eigenvalue weighted by Crippen LogP contribution is 2.53. The minimum absolute atomic E-state index is 0.0656. The number of benzene rings is 1. The number of aliphatic hydroxyl groups is 2. The van der Waals surface area contributed by atoms with Crippen molar-refractivity contribution in [2.45, 2.75) is 24.0 Å². The fourth-order valence-corrected chi connectivity index (χ4v) is 3.52. The van der Waals surface area contributed by atoms with E-state index in [4.69, 9.17) is 9.47 Å². The van der Waals surface area contributed by atoms with E-state index in [1.54, 1.807) is 24.3 Å². The van der Waals surface area contributed by atoms with Gasteiger partial charge in [0.2, 0.25) is 0 Å². The summed E-state index contributed by atoms with van der Waals surface area (Å²) < 4.78 is 9.54. The number of carbonyl (C=O) groups excluding carboxylic acids is 2. The molecule has 22 heavy (non-hydrogen) atoms. The van der Waals surface area contributed by atoms with Crippen molar-refractivity contribution in [1.82, 2.24) is 0 Å². The van der Waals surface area contributed by atoms with Crippen molar-refractivity contribution in [1.29, 1.82) is 0 Å². The molecule has 3 aliphatic rings. The Kier molecular flexibility index (Phi) is 3.50. The highest BCUT2D eigenvalue weighted by molar-refractivity contribution is 6.04. The average molecular weight is 304 g/mol. The molecule has 4 atom stereocenters. The highest BCUT2D eigenvalue weighted by Gasteiger charge is 2.54. The highest BCUT2D eigenvalue weighted by atomic mass is 16.5. The summed E-state index contributed by atoms with van der Waals surface area (Å²) in [6, 6.07) is 7.12. The summed E-state index contributed by atoms with van der Waals surface area (Å²) in [6.45, 7) is 0. The fourth-order valence-electron chi connectivity index (χ4n) is 3.52. The molecule has 0 saturated carbocycles. The number of carbonyl (C=O) groups is 2. The van der Waals surface area contributed by atoms with E-state index >= 15 is 0 Å². The molecule has 0 aromatic heterocycles. The predicted molar refractivity (Wildman–Crippen MR) is 75.0 cm³/mol. The number of ether oxygens (including phenoxy) is 2. The molecule has 3 aliphatic carbocycles. The van der Waals surface area contributed by atoms with Crippen LogP contribution in [0.15, 0.2) is 35.4 Å². The van der Waals surface area contributed by atoms with Crippen molar-refractivity contribution in [2.75, 3.05) is 14.2 Å². The monoisotopic (exact) mass is 304 g/mol. The van der Waals surface area contributed by atoms with Gasteiger partial charge in [0.25, 0.3) is 0 Å². The molecule has 0 spiro atoms. The van der Waals surface area contributed by atoms with Crippen molar-refractivity contribution >= 4 is 11.9 Å². The molecule has 6 heteroatoms. The molecule has 0 radical (unpaired) electrons. The molecular formula is C16H16O6.